The predicted molar refractivity (Wildman–Crippen MR) is 51.8 cm³/mol. The van der Waals surface area contributed by atoms with E-state index in [2.05, 4.69) is 15.9 Å². The molecule has 0 unspecified atom stereocenters. The summed E-state index contributed by atoms with van der Waals surface area (Å²) in [6.45, 7) is 2.09. The maximum absolute atomic E-state index is 8.87. The Hall–Kier alpha value is -0.540. The summed E-state index contributed by atoms with van der Waals surface area (Å²) in [4.78, 5) is 0. The van der Waals surface area contributed by atoms with E-state index in [1.807, 2.05) is 25.1 Å². The maximum atomic E-state index is 8.87. The molecule has 0 bridgehead atoms. The Morgan fingerprint density at radius 2 is 2.42 bits per heavy atom. The van der Waals surface area contributed by atoms with Crippen LogP contribution in [0.1, 0.15) is 19.1 Å². The van der Waals surface area contributed by atoms with Crippen LogP contribution in [0, 0.1) is 0 Å². The van der Waals surface area contributed by atoms with Crippen LogP contribution in [-0.2, 0) is 0 Å². The van der Waals surface area contributed by atoms with Gasteiger partial charge in [-0.1, -0.05) is 6.92 Å². The van der Waals surface area contributed by atoms with E-state index >= 15 is 0 Å². The summed E-state index contributed by atoms with van der Waals surface area (Å²) in [5, 5.41) is 8.87. The summed E-state index contributed by atoms with van der Waals surface area (Å²) in [5.74, 6) is 0.771. The van der Waals surface area contributed by atoms with Gasteiger partial charge in [0, 0.05) is 0 Å². The van der Waals surface area contributed by atoms with Crippen molar-refractivity contribution >= 4 is 22.0 Å². The Bertz CT molecular complexity index is 270. The second-order valence-electron chi connectivity index (χ2n) is 2.46. The summed E-state index contributed by atoms with van der Waals surface area (Å²) in [6, 6.07) is 3.69. The Morgan fingerprint density at radius 1 is 1.67 bits per heavy atom. The lowest BCUT2D eigenvalue weighted by Crippen LogP contribution is -1.86. The maximum Gasteiger partial charge on any atom is 0.169 e. The Morgan fingerprint density at radius 3 is 2.83 bits per heavy atom. The topological polar surface area (TPSA) is 33.4 Å². The highest BCUT2D eigenvalue weighted by molar-refractivity contribution is 9.10. The van der Waals surface area contributed by atoms with E-state index in [1.165, 1.54) is 0 Å². The number of halogens is 1. The third-order valence-corrected chi connectivity index (χ3v) is 2.02. The minimum absolute atomic E-state index is 0.0921. The lowest BCUT2D eigenvalue weighted by Gasteiger charge is -1.96. The van der Waals surface area contributed by atoms with Crippen molar-refractivity contribution in [2.24, 2.45) is 0 Å². The Balaban J connectivity index is 2.78. The molecular weight excluding hydrogens is 220 g/mol. The smallest absolute Gasteiger partial charge is 0.169 e. The molecule has 1 heterocycles. The SMILES string of the molecule is CCC(=Cc1ccc(Br)o1)CO. The van der Waals surface area contributed by atoms with Crippen LogP contribution in [0.4, 0.5) is 0 Å². The van der Waals surface area contributed by atoms with E-state index in [0.717, 1.165) is 17.8 Å². The van der Waals surface area contributed by atoms with Crippen LogP contribution in [0.5, 0.6) is 0 Å². The van der Waals surface area contributed by atoms with Gasteiger partial charge in [0.25, 0.3) is 0 Å². The van der Waals surface area contributed by atoms with Crippen molar-refractivity contribution in [2.75, 3.05) is 6.61 Å². The van der Waals surface area contributed by atoms with Crippen LogP contribution in [0.2, 0.25) is 0 Å². The number of hydrogen-bond donors (Lipinski definition) is 1. The predicted octanol–water partition coefficient (Wildman–Crippen LogP) is 2.83. The van der Waals surface area contributed by atoms with E-state index in [4.69, 9.17) is 9.52 Å². The van der Waals surface area contributed by atoms with Crippen molar-refractivity contribution in [1.82, 2.24) is 0 Å². The van der Waals surface area contributed by atoms with Crippen LogP contribution >= 0.6 is 15.9 Å². The number of rotatable bonds is 3. The second kappa shape index (κ2) is 4.48. The fourth-order valence-corrected chi connectivity index (χ4v) is 1.19. The standard InChI is InChI=1S/C9H11BrO2/c1-2-7(6-11)5-8-3-4-9(10)12-8/h3-5,11H,2,6H2,1H3. The van der Waals surface area contributed by atoms with Crippen molar-refractivity contribution in [3.8, 4) is 0 Å². The van der Waals surface area contributed by atoms with Crippen LogP contribution in [0.15, 0.2) is 26.8 Å². The van der Waals surface area contributed by atoms with Crippen LogP contribution in [0.25, 0.3) is 6.08 Å². The van der Waals surface area contributed by atoms with Crippen molar-refractivity contribution in [2.45, 2.75) is 13.3 Å². The first kappa shape index (κ1) is 9.55. The Labute approximate surface area is 80.0 Å². The average Bonchev–Trinajstić information content (AvgIpc) is 2.47. The molecule has 0 fully saturated rings. The van der Waals surface area contributed by atoms with E-state index in [-0.39, 0.29) is 6.61 Å². The van der Waals surface area contributed by atoms with Gasteiger partial charge in [0.15, 0.2) is 4.67 Å². The molecule has 3 heteroatoms. The van der Waals surface area contributed by atoms with E-state index in [0.29, 0.717) is 4.67 Å². The molecule has 1 aromatic rings. The van der Waals surface area contributed by atoms with Crippen molar-refractivity contribution in [1.29, 1.82) is 0 Å². The quantitative estimate of drug-likeness (QED) is 0.867. The molecule has 0 spiro atoms. The molecule has 0 radical (unpaired) electrons. The van der Waals surface area contributed by atoms with Gasteiger partial charge < -0.3 is 9.52 Å². The first-order chi connectivity index (χ1) is 5.76. The molecule has 1 aromatic heterocycles. The molecule has 12 heavy (non-hydrogen) atoms. The highest BCUT2D eigenvalue weighted by Crippen LogP contribution is 2.17. The Kier molecular flexibility index (Phi) is 3.56. The summed E-state index contributed by atoms with van der Waals surface area (Å²) in [5.41, 5.74) is 0.969. The minimum Gasteiger partial charge on any atom is -0.450 e. The summed E-state index contributed by atoms with van der Waals surface area (Å²) < 4.78 is 5.96. The van der Waals surface area contributed by atoms with Crippen molar-refractivity contribution in [3.63, 3.8) is 0 Å². The highest BCUT2D eigenvalue weighted by atomic mass is 79.9. The van der Waals surface area contributed by atoms with Crippen molar-refractivity contribution in [3.05, 3.63) is 28.1 Å². The molecule has 0 aliphatic carbocycles. The minimum atomic E-state index is 0.0921. The molecule has 0 saturated heterocycles. The normalized spacial score (nSPS) is 12.1. The zero-order chi connectivity index (χ0) is 8.97. The van der Waals surface area contributed by atoms with Gasteiger partial charge in [0.05, 0.1) is 6.61 Å². The van der Waals surface area contributed by atoms with Crippen LogP contribution in [0.3, 0.4) is 0 Å². The molecular formula is C9H11BrO2. The van der Waals surface area contributed by atoms with E-state index in [9.17, 15) is 0 Å². The summed E-state index contributed by atoms with van der Waals surface area (Å²) >= 11 is 3.21. The fourth-order valence-electron chi connectivity index (χ4n) is 0.867. The first-order valence-electron chi connectivity index (χ1n) is 3.82. The molecule has 0 aromatic carbocycles. The molecule has 0 aliphatic heterocycles. The molecule has 0 amide bonds. The van der Waals surface area contributed by atoms with Gasteiger partial charge in [0.1, 0.15) is 5.76 Å². The van der Waals surface area contributed by atoms with Crippen LogP contribution < -0.4 is 0 Å². The fraction of sp³-hybridized carbons (Fsp3) is 0.333. The lowest BCUT2D eigenvalue weighted by atomic mass is 10.2. The first-order valence-corrected chi connectivity index (χ1v) is 4.61. The number of hydrogen-bond acceptors (Lipinski definition) is 2. The molecule has 66 valence electrons. The van der Waals surface area contributed by atoms with Crippen molar-refractivity contribution < 1.29 is 9.52 Å². The van der Waals surface area contributed by atoms with Gasteiger partial charge in [0.2, 0.25) is 0 Å². The molecule has 1 rings (SSSR count). The van der Waals surface area contributed by atoms with Gasteiger partial charge in [-0.3, -0.25) is 0 Å². The molecule has 2 nitrogen and oxygen atoms in total. The zero-order valence-corrected chi connectivity index (χ0v) is 8.47. The number of aliphatic hydroxyl groups is 1. The third-order valence-electron chi connectivity index (χ3n) is 1.60. The van der Waals surface area contributed by atoms with Gasteiger partial charge in [-0.2, -0.15) is 0 Å². The second-order valence-corrected chi connectivity index (χ2v) is 3.24. The van der Waals surface area contributed by atoms with Crippen LogP contribution in [-0.4, -0.2) is 11.7 Å². The average molecular weight is 231 g/mol. The van der Waals surface area contributed by atoms with E-state index < -0.39 is 0 Å². The molecule has 0 saturated carbocycles. The molecule has 1 N–H and O–H groups in total. The van der Waals surface area contributed by atoms with Gasteiger partial charge >= 0.3 is 0 Å². The highest BCUT2D eigenvalue weighted by Gasteiger charge is 1.97. The number of furan rings is 1. The lowest BCUT2D eigenvalue weighted by molar-refractivity contribution is 0.328. The molecule has 0 aliphatic rings. The third kappa shape index (κ3) is 2.50. The largest absolute Gasteiger partial charge is 0.450 e. The monoisotopic (exact) mass is 230 g/mol. The molecule has 0 atom stereocenters. The van der Waals surface area contributed by atoms with Gasteiger partial charge in [-0.25, -0.2) is 0 Å². The summed E-state index contributed by atoms with van der Waals surface area (Å²) in [7, 11) is 0. The number of aliphatic hydroxyl groups excluding tert-OH is 1. The zero-order valence-electron chi connectivity index (χ0n) is 6.88. The van der Waals surface area contributed by atoms with Gasteiger partial charge in [-0.15, -0.1) is 0 Å². The van der Waals surface area contributed by atoms with E-state index in [1.54, 1.807) is 0 Å². The van der Waals surface area contributed by atoms with Gasteiger partial charge in [-0.05, 0) is 46.1 Å². The summed E-state index contributed by atoms with van der Waals surface area (Å²) in [6.07, 6.45) is 2.69.